The average molecular weight is 399 g/mol. The first-order valence-corrected chi connectivity index (χ1v) is 10.3. The van der Waals surface area contributed by atoms with Gasteiger partial charge in [0.15, 0.2) is 5.72 Å². The number of ether oxygens (including phenoxy) is 3. The van der Waals surface area contributed by atoms with E-state index in [0.717, 1.165) is 19.3 Å². The SMILES string of the molecule is CCOC(=O)C12CC(C(=O)OC)C3(O1)N(CCCC31CC1c1ccccc1)C2=O. The predicted molar refractivity (Wildman–Crippen MR) is 100 cm³/mol. The third-order valence-corrected chi connectivity index (χ3v) is 7.37. The van der Waals surface area contributed by atoms with Crippen molar-refractivity contribution in [1.29, 1.82) is 0 Å². The first kappa shape index (κ1) is 18.6. The summed E-state index contributed by atoms with van der Waals surface area (Å²) in [6.07, 6.45) is 2.44. The van der Waals surface area contributed by atoms with E-state index in [-0.39, 0.29) is 24.9 Å². The lowest BCUT2D eigenvalue weighted by Crippen LogP contribution is -2.65. The van der Waals surface area contributed by atoms with Gasteiger partial charge in [-0.1, -0.05) is 30.3 Å². The Bertz CT molecular complexity index is 887. The van der Waals surface area contributed by atoms with Crippen LogP contribution in [-0.2, 0) is 28.6 Å². The second-order valence-electron chi connectivity index (χ2n) is 8.51. The van der Waals surface area contributed by atoms with Crippen LogP contribution in [-0.4, -0.2) is 54.3 Å². The Morgan fingerprint density at radius 3 is 2.69 bits per heavy atom. The molecule has 3 aliphatic heterocycles. The van der Waals surface area contributed by atoms with Crippen LogP contribution in [0.2, 0.25) is 0 Å². The van der Waals surface area contributed by atoms with E-state index < -0.39 is 34.6 Å². The van der Waals surface area contributed by atoms with E-state index in [2.05, 4.69) is 12.1 Å². The number of hydrogen-bond acceptors (Lipinski definition) is 6. The molecule has 7 heteroatoms. The Balaban J connectivity index is 1.64. The summed E-state index contributed by atoms with van der Waals surface area (Å²) in [5.74, 6) is -2.04. The molecule has 0 aromatic heterocycles. The molecule has 3 saturated heterocycles. The lowest BCUT2D eigenvalue weighted by Gasteiger charge is -2.50. The van der Waals surface area contributed by atoms with Gasteiger partial charge in [-0.2, -0.15) is 0 Å². The van der Waals surface area contributed by atoms with Crippen molar-refractivity contribution in [3.05, 3.63) is 35.9 Å². The number of amides is 1. The number of rotatable bonds is 4. The van der Waals surface area contributed by atoms with Crippen LogP contribution in [0.5, 0.6) is 0 Å². The topological polar surface area (TPSA) is 82.1 Å². The van der Waals surface area contributed by atoms with Crippen molar-refractivity contribution < 1.29 is 28.6 Å². The van der Waals surface area contributed by atoms with Crippen LogP contribution in [0.1, 0.15) is 44.1 Å². The van der Waals surface area contributed by atoms with Gasteiger partial charge in [-0.05, 0) is 37.7 Å². The van der Waals surface area contributed by atoms with E-state index in [4.69, 9.17) is 14.2 Å². The van der Waals surface area contributed by atoms with Crippen LogP contribution in [0.3, 0.4) is 0 Å². The van der Waals surface area contributed by atoms with E-state index in [9.17, 15) is 14.4 Å². The standard InChI is InChI=1S/C22H25NO6/c1-3-28-19(26)21-13-16(17(24)27-2)22(29-21)20(10-7-11-23(22)18(21)25)12-15(20)14-8-5-4-6-9-14/h4-6,8-9,15-16H,3,7,10-13H2,1-2H3. The van der Waals surface area contributed by atoms with Crippen LogP contribution in [0.25, 0.3) is 0 Å². The summed E-state index contributed by atoms with van der Waals surface area (Å²) in [6.45, 7) is 2.30. The lowest BCUT2D eigenvalue weighted by molar-refractivity contribution is -0.202. The normalized spacial score (nSPS) is 39.4. The van der Waals surface area contributed by atoms with Crippen molar-refractivity contribution in [2.45, 2.75) is 49.9 Å². The molecule has 7 nitrogen and oxygen atoms in total. The smallest absolute Gasteiger partial charge is 0.348 e. The monoisotopic (exact) mass is 399 g/mol. The molecule has 2 spiro atoms. The lowest BCUT2D eigenvalue weighted by atomic mass is 9.69. The zero-order chi connectivity index (χ0) is 20.4. The van der Waals surface area contributed by atoms with Crippen molar-refractivity contribution in [2.75, 3.05) is 20.3 Å². The van der Waals surface area contributed by atoms with Crippen molar-refractivity contribution in [3.63, 3.8) is 0 Å². The Kier molecular flexibility index (Phi) is 3.88. The molecule has 1 amide bonds. The van der Waals surface area contributed by atoms with Crippen LogP contribution in [0.15, 0.2) is 30.3 Å². The second kappa shape index (κ2) is 6.05. The molecule has 1 aliphatic carbocycles. The molecule has 1 aromatic carbocycles. The molecule has 5 rings (SSSR count). The third kappa shape index (κ3) is 2.09. The van der Waals surface area contributed by atoms with Gasteiger partial charge in [0.05, 0.1) is 13.7 Å². The van der Waals surface area contributed by atoms with E-state index in [1.54, 1.807) is 11.8 Å². The van der Waals surface area contributed by atoms with Gasteiger partial charge in [-0.25, -0.2) is 4.79 Å². The van der Waals surface area contributed by atoms with Gasteiger partial charge < -0.3 is 19.1 Å². The molecule has 5 atom stereocenters. The summed E-state index contributed by atoms with van der Waals surface area (Å²) in [5.41, 5.74) is -2.12. The van der Waals surface area contributed by atoms with Gasteiger partial charge in [0.1, 0.15) is 5.92 Å². The minimum atomic E-state index is -1.74. The largest absolute Gasteiger partial charge is 0.469 e. The van der Waals surface area contributed by atoms with Crippen LogP contribution < -0.4 is 0 Å². The summed E-state index contributed by atoms with van der Waals surface area (Å²) in [7, 11) is 1.34. The Hall–Kier alpha value is -2.41. The van der Waals surface area contributed by atoms with Gasteiger partial charge in [-0.15, -0.1) is 0 Å². The summed E-state index contributed by atoms with van der Waals surface area (Å²) in [6, 6.07) is 10.1. The molecule has 1 aromatic rings. The van der Waals surface area contributed by atoms with Gasteiger partial charge in [0.25, 0.3) is 5.91 Å². The van der Waals surface area contributed by atoms with Gasteiger partial charge in [0, 0.05) is 18.4 Å². The summed E-state index contributed by atoms with van der Waals surface area (Å²) in [5, 5.41) is 0. The number of carbonyl (C=O) groups excluding carboxylic acids is 3. The summed E-state index contributed by atoms with van der Waals surface area (Å²) >= 11 is 0. The number of methoxy groups -OCH3 is 1. The fourth-order valence-electron chi connectivity index (χ4n) is 6.21. The van der Waals surface area contributed by atoms with Crippen molar-refractivity contribution in [1.82, 2.24) is 4.90 Å². The maximum atomic E-state index is 13.4. The van der Waals surface area contributed by atoms with Gasteiger partial charge >= 0.3 is 11.9 Å². The first-order valence-electron chi connectivity index (χ1n) is 10.3. The van der Waals surface area contributed by atoms with Crippen molar-refractivity contribution in [2.24, 2.45) is 11.3 Å². The number of fused-ring (bicyclic) bond motifs is 1. The molecule has 0 N–H and O–H groups in total. The summed E-state index contributed by atoms with van der Waals surface area (Å²) < 4.78 is 16.8. The van der Waals surface area contributed by atoms with E-state index in [1.165, 1.54) is 12.7 Å². The molecule has 154 valence electrons. The molecular weight excluding hydrogens is 374 g/mol. The molecule has 0 radical (unpaired) electrons. The zero-order valence-electron chi connectivity index (χ0n) is 16.7. The number of hydrogen-bond donors (Lipinski definition) is 0. The fraction of sp³-hybridized carbons (Fsp3) is 0.591. The maximum Gasteiger partial charge on any atom is 0.348 e. The van der Waals surface area contributed by atoms with Crippen LogP contribution in [0.4, 0.5) is 0 Å². The highest BCUT2D eigenvalue weighted by Crippen LogP contribution is 2.77. The predicted octanol–water partition coefficient (Wildman–Crippen LogP) is 2.00. The van der Waals surface area contributed by atoms with Crippen molar-refractivity contribution in [3.8, 4) is 0 Å². The number of esters is 2. The minimum Gasteiger partial charge on any atom is -0.469 e. The Labute approximate surface area is 169 Å². The number of benzene rings is 1. The number of piperidine rings is 2. The third-order valence-electron chi connectivity index (χ3n) is 7.37. The van der Waals surface area contributed by atoms with E-state index >= 15 is 0 Å². The second-order valence-corrected chi connectivity index (χ2v) is 8.51. The highest BCUT2D eigenvalue weighted by atomic mass is 16.6. The quantitative estimate of drug-likeness (QED) is 0.569. The first-order chi connectivity index (χ1) is 14.0. The number of carbonyl (C=O) groups is 3. The van der Waals surface area contributed by atoms with Crippen LogP contribution >= 0.6 is 0 Å². The Morgan fingerprint density at radius 1 is 1.24 bits per heavy atom. The van der Waals surface area contributed by atoms with Gasteiger partial charge in [-0.3, -0.25) is 9.59 Å². The molecule has 2 bridgehead atoms. The molecule has 4 fully saturated rings. The van der Waals surface area contributed by atoms with Crippen molar-refractivity contribution >= 4 is 17.8 Å². The van der Waals surface area contributed by atoms with E-state index in [1.807, 2.05) is 18.2 Å². The zero-order valence-corrected chi connectivity index (χ0v) is 16.7. The molecule has 3 heterocycles. The fourth-order valence-corrected chi connectivity index (χ4v) is 6.21. The minimum absolute atomic E-state index is 0.0168. The highest BCUT2D eigenvalue weighted by Gasteiger charge is 2.86. The molecule has 4 aliphatic rings. The molecular formula is C22H25NO6. The number of nitrogens with zero attached hydrogens (tertiary/aromatic N) is 1. The molecule has 29 heavy (non-hydrogen) atoms. The molecule has 5 unspecified atom stereocenters. The summed E-state index contributed by atoms with van der Waals surface area (Å²) in [4.78, 5) is 40.8. The Morgan fingerprint density at radius 2 is 2.00 bits per heavy atom. The maximum absolute atomic E-state index is 13.4. The highest BCUT2D eigenvalue weighted by molar-refractivity contribution is 6.10. The van der Waals surface area contributed by atoms with E-state index in [0.29, 0.717) is 6.54 Å². The average Bonchev–Trinajstić information content (AvgIpc) is 3.26. The molecule has 1 saturated carbocycles. The van der Waals surface area contributed by atoms with Gasteiger partial charge in [0.2, 0.25) is 5.60 Å². The van der Waals surface area contributed by atoms with Crippen LogP contribution in [0, 0.1) is 11.3 Å².